The van der Waals surface area contributed by atoms with E-state index in [2.05, 4.69) is 4.98 Å². The summed E-state index contributed by atoms with van der Waals surface area (Å²) >= 11 is 6.13. The van der Waals surface area contributed by atoms with E-state index in [4.69, 9.17) is 16.3 Å². The second kappa shape index (κ2) is 7.80. The molecule has 0 saturated carbocycles. The Kier molecular flexibility index (Phi) is 5.78. The Bertz CT molecular complexity index is 632. The summed E-state index contributed by atoms with van der Waals surface area (Å²) in [5.74, 6) is 0.541. The number of carbonyl (C=O) groups is 1. The van der Waals surface area contributed by atoms with Crippen molar-refractivity contribution in [1.29, 1.82) is 0 Å². The average Bonchev–Trinajstić information content (AvgIpc) is 2.55. The van der Waals surface area contributed by atoms with Gasteiger partial charge in [0.25, 0.3) is 5.91 Å². The minimum absolute atomic E-state index is 0.0565. The molecule has 0 spiro atoms. The Labute approximate surface area is 135 Å². The maximum Gasteiger partial charge on any atom is 0.253 e. The summed E-state index contributed by atoms with van der Waals surface area (Å²) in [4.78, 5) is 18.1. The molecule has 116 valence electrons. The number of benzene rings is 1. The number of carbonyl (C=O) groups excluding carboxylic acids is 1. The molecule has 22 heavy (non-hydrogen) atoms. The predicted molar refractivity (Wildman–Crippen MR) is 87.5 cm³/mol. The van der Waals surface area contributed by atoms with Crippen molar-refractivity contribution in [3.63, 3.8) is 0 Å². The molecule has 1 heterocycles. The fraction of sp³-hybridized carbons (Fsp3) is 0.294. The highest BCUT2D eigenvalue weighted by molar-refractivity contribution is 6.32. The van der Waals surface area contributed by atoms with Gasteiger partial charge in [-0.3, -0.25) is 9.78 Å². The first kappa shape index (κ1) is 16.3. The Balaban J connectivity index is 1.99. The van der Waals surface area contributed by atoms with Crippen molar-refractivity contribution in [3.05, 3.63) is 58.9 Å². The summed E-state index contributed by atoms with van der Waals surface area (Å²) in [6.07, 6.45) is 4.29. The van der Waals surface area contributed by atoms with Crippen LogP contribution in [-0.2, 0) is 6.42 Å². The van der Waals surface area contributed by atoms with Crippen molar-refractivity contribution in [2.75, 3.05) is 20.2 Å². The molecule has 0 N–H and O–H groups in total. The van der Waals surface area contributed by atoms with E-state index in [1.165, 1.54) is 0 Å². The zero-order valence-corrected chi connectivity index (χ0v) is 13.5. The van der Waals surface area contributed by atoms with Crippen LogP contribution in [0.3, 0.4) is 0 Å². The Hall–Kier alpha value is -2.07. The number of aromatic nitrogens is 1. The molecule has 0 aliphatic heterocycles. The molecule has 1 amide bonds. The van der Waals surface area contributed by atoms with E-state index in [1.54, 1.807) is 42.5 Å². The summed E-state index contributed by atoms with van der Waals surface area (Å²) in [6.45, 7) is 3.06. The lowest BCUT2D eigenvalue weighted by molar-refractivity contribution is 0.0796. The molecule has 0 atom stereocenters. The standard InChI is InChI=1S/C17H19ClN2O2/c1-3-22-16-5-4-14(12-15(16)18)17(21)20(2)11-8-13-6-9-19-10-7-13/h4-7,9-10,12H,3,8,11H2,1-2H3. The number of ether oxygens (including phenoxy) is 1. The average molecular weight is 319 g/mol. The topological polar surface area (TPSA) is 42.4 Å². The van der Waals surface area contributed by atoms with Gasteiger partial charge in [0, 0.05) is 31.5 Å². The lowest BCUT2D eigenvalue weighted by atomic mass is 10.1. The van der Waals surface area contributed by atoms with E-state index in [-0.39, 0.29) is 5.91 Å². The molecular formula is C17H19ClN2O2. The fourth-order valence-electron chi connectivity index (χ4n) is 2.07. The Morgan fingerprint density at radius 3 is 2.64 bits per heavy atom. The van der Waals surface area contributed by atoms with Crippen LogP contribution in [0.2, 0.25) is 5.02 Å². The smallest absolute Gasteiger partial charge is 0.253 e. The molecule has 2 rings (SSSR count). The molecular weight excluding hydrogens is 300 g/mol. The summed E-state index contributed by atoms with van der Waals surface area (Å²) < 4.78 is 5.37. The number of halogens is 1. The van der Waals surface area contributed by atoms with Gasteiger partial charge >= 0.3 is 0 Å². The molecule has 2 aromatic rings. The largest absolute Gasteiger partial charge is 0.492 e. The summed E-state index contributed by atoms with van der Waals surface area (Å²) in [5.41, 5.74) is 1.71. The van der Waals surface area contributed by atoms with Crippen molar-refractivity contribution in [3.8, 4) is 5.75 Å². The van der Waals surface area contributed by atoms with E-state index < -0.39 is 0 Å². The van der Waals surface area contributed by atoms with Crippen molar-refractivity contribution >= 4 is 17.5 Å². The molecule has 0 radical (unpaired) electrons. The highest BCUT2D eigenvalue weighted by atomic mass is 35.5. The SMILES string of the molecule is CCOc1ccc(C(=O)N(C)CCc2ccncc2)cc1Cl. The highest BCUT2D eigenvalue weighted by Gasteiger charge is 2.13. The van der Waals surface area contributed by atoms with Crippen LogP contribution >= 0.6 is 11.6 Å². The monoisotopic (exact) mass is 318 g/mol. The molecule has 0 fully saturated rings. The second-order valence-electron chi connectivity index (χ2n) is 4.91. The first-order valence-corrected chi connectivity index (χ1v) is 7.56. The minimum Gasteiger partial charge on any atom is -0.492 e. The Morgan fingerprint density at radius 1 is 1.27 bits per heavy atom. The number of amides is 1. The van der Waals surface area contributed by atoms with Gasteiger partial charge in [-0.15, -0.1) is 0 Å². The van der Waals surface area contributed by atoms with Crippen LogP contribution in [0.4, 0.5) is 0 Å². The molecule has 4 nitrogen and oxygen atoms in total. The number of pyridine rings is 1. The molecule has 0 unspecified atom stereocenters. The zero-order chi connectivity index (χ0) is 15.9. The molecule has 5 heteroatoms. The third-order valence-corrected chi connectivity index (χ3v) is 3.61. The van der Waals surface area contributed by atoms with Gasteiger partial charge in [0.05, 0.1) is 11.6 Å². The zero-order valence-electron chi connectivity index (χ0n) is 12.8. The molecule has 0 aliphatic rings. The van der Waals surface area contributed by atoms with Gasteiger partial charge in [-0.25, -0.2) is 0 Å². The van der Waals surface area contributed by atoms with Crippen LogP contribution in [-0.4, -0.2) is 36.0 Å². The molecule has 0 aliphatic carbocycles. The van der Waals surface area contributed by atoms with Crippen LogP contribution in [0.1, 0.15) is 22.8 Å². The predicted octanol–water partition coefficient (Wildman–Crippen LogP) is 3.45. The quantitative estimate of drug-likeness (QED) is 0.819. The van der Waals surface area contributed by atoms with E-state index in [1.807, 2.05) is 19.1 Å². The summed E-state index contributed by atoms with van der Waals surface area (Å²) in [6, 6.07) is 9.02. The number of likely N-dealkylation sites (N-methyl/N-ethyl adjacent to an activating group) is 1. The highest BCUT2D eigenvalue weighted by Crippen LogP contribution is 2.25. The lowest BCUT2D eigenvalue weighted by Gasteiger charge is -2.18. The fourth-order valence-corrected chi connectivity index (χ4v) is 2.31. The van der Waals surface area contributed by atoms with Gasteiger partial charge in [-0.05, 0) is 49.2 Å². The Morgan fingerprint density at radius 2 is 2.00 bits per heavy atom. The number of nitrogens with zero attached hydrogens (tertiary/aromatic N) is 2. The minimum atomic E-state index is -0.0565. The normalized spacial score (nSPS) is 10.3. The van der Waals surface area contributed by atoms with Gasteiger partial charge in [0.1, 0.15) is 5.75 Å². The molecule has 0 saturated heterocycles. The third kappa shape index (κ3) is 4.21. The van der Waals surface area contributed by atoms with Gasteiger partial charge in [0.15, 0.2) is 0 Å². The second-order valence-corrected chi connectivity index (χ2v) is 5.32. The van der Waals surface area contributed by atoms with Gasteiger partial charge in [-0.2, -0.15) is 0 Å². The van der Waals surface area contributed by atoms with Crippen molar-refractivity contribution in [2.24, 2.45) is 0 Å². The van der Waals surface area contributed by atoms with Crippen LogP contribution in [0, 0.1) is 0 Å². The maximum atomic E-state index is 12.4. The number of rotatable bonds is 6. The van der Waals surface area contributed by atoms with E-state index >= 15 is 0 Å². The molecule has 0 bridgehead atoms. The summed E-state index contributed by atoms with van der Waals surface area (Å²) in [7, 11) is 1.79. The van der Waals surface area contributed by atoms with Crippen LogP contribution in [0.15, 0.2) is 42.7 Å². The number of hydrogen-bond donors (Lipinski definition) is 0. The van der Waals surface area contributed by atoms with Crippen LogP contribution < -0.4 is 4.74 Å². The van der Waals surface area contributed by atoms with E-state index in [0.717, 1.165) is 12.0 Å². The van der Waals surface area contributed by atoms with Crippen LogP contribution in [0.25, 0.3) is 0 Å². The van der Waals surface area contributed by atoms with Crippen molar-refractivity contribution in [2.45, 2.75) is 13.3 Å². The van der Waals surface area contributed by atoms with Crippen LogP contribution in [0.5, 0.6) is 5.75 Å². The van der Waals surface area contributed by atoms with E-state index in [9.17, 15) is 4.79 Å². The van der Waals surface area contributed by atoms with Crippen molar-refractivity contribution in [1.82, 2.24) is 9.88 Å². The third-order valence-electron chi connectivity index (χ3n) is 3.31. The van der Waals surface area contributed by atoms with E-state index in [0.29, 0.717) is 29.5 Å². The van der Waals surface area contributed by atoms with Crippen molar-refractivity contribution < 1.29 is 9.53 Å². The first-order valence-electron chi connectivity index (χ1n) is 7.18. The van der Waals surface area contributed by atoms with Gasteiger partial charge < -0.3 is 9.64 Å². The molecule has 1 aromatic carbocycles. The van der Waals surface area contributed by atoms with Gasteiger partial charge in [0.2, 0.25) is 0 Å². The maximum absolute atomic E-state index is 12.4. The summed E-state index contributed by atoms with van der Waals surface area (Å²) in [5, 5.41) is 0.454. The number of hydrogen-bond acceptors (Lipinski definition) is 3. The molecule has 1 aromatic heterocycles. The van der Waals surface area contributed by atoms with Gasteiger partial charge in [-0.1, -0.05) is 11.6 Å². The first-order chi connectivity index (χ1) is 10.6. The lowest BCUT2D eigenvalue weighted by Crippen LogP contribution is -2.28.